The molecular weight excluding hydrogens is 268 g/mol. The molecule has 0 aliphatic carbocycles. The van der Waals surface area contributed by atoms with Crippen molar-refractivity contribution in [3.05, 3.63) is 48.8 Å². The maximum Gasteiger partial charge on any atom is 0.169 e. The van der Waals surface area contributed by atoms with Gasteiger partial charge in [0, 0.05) is 11.8 Å². The van der Waals surface area contributed by atoms with E-state index in [4.69, 9.17) is 9.72 Å². The van der Waals surface area contributed by atoms with Gasteiger partial charge in [-0.25, -0.2) is 4.98 Å². The number of imidazole rings is 1. The molecule has 0 bridgehead atoms. The summed E-state index contributed by atoms with van der Waals surface area (Å²) >= 11 is 1.81. The van der Waals surface area contributed by atoms with E-state index >= 15 is 0 Å². The Morgan fingerprint density at radius 2 is 2.40 bits per heavy atom. The fourth-order valence-electron chi connectivity index (χ4n) is 2.29. The lowest BCUT2D eigenvalue weighted by Gasteiger charge is -2.22. The van der Waals surface area contributed by atoms with Gasteiger partial charge in [0.1, 0.15) is 0 Å². The first kappa shape index (κ1) is 13.3. The number of hydrogen-bond acceptors (Lipinski definition) is 3. The summed E-state index contributed by atoms with van der Waals surface area (Å²) in [5.74, 6) is 0. The molecule has 1 unspecified atom stereocenters. The number of benzene rings is 1. The Kier molecular flexibility index (Phi) is 3.83. The number of ether oxygens (including phenoxy) is 1. The molecule has 1 aromatic carbocycles. The van der Waals surface area contributed by atoms with E-state index in [1.807, 2.05) is 30.8 Å². The molecule has 2 heterocycles. The van der Waals surface area contributed by atoms with Crippen molar-refractivity contribution in [1.29, 1.82) is 0 Å². The number of nitrogens with zero attached hydrogens (tertiary/aromatic N) is 2. The zero-order valence-corrected chi connectivity index (χ0v) is 12.4. The van der Waals surface area contributed by atoms with Crippen molar-refractivity contribution in [2.45, 2.75) is 30.3 Å². The highest BCUT2D eigenvalue weighted by molar-refractivity contribution is 7.99. The van der Waals surface area contributed by atoms with Crippen molar-refractivity contribution >= 4 is 22.8 Å². The van der Waals surface area contributed by atoms with Crippen LogP contribution in [0.4, 0.5) is 0 Å². The van der Waals surface area contributed by atoms with Crippen molar-refractivity contribution in [2.24, 2.45) is 0 Å². The van der Waals surface area contributed by atoms with E-state index in [0.29, 0.717) is 5.25 Å². The minimum atomic E-state index is 0.467. The van der Waals surface area contributed by atoms with Crippen LogP contribution in [0.1, 0.15) is 13.3 Å². The van der Waals surface area contributed by atoms with Gasteiger partial charge in [-0.1, -0.05) is 36.0 Å². The fraction of sp³-hybridized carbons (Fsp3) is 0.312. The van der Waals surface area contributed by atoms with Crippen LogP contribution in [0.15, 0.2) is 53.9 Å². The summed E-state index contributed by atoms with van der Waals surface area (Å²) in [6.07, 6.45) is 4.74. The summed E-state index contributed by atoms with van der Waals surface area (Å²) in [7, 11) is 0. The molecule has 0 saturated carbocycles. The number of para-hydroxylation sites is 2. The van der Waals surface area contributed by atoms with E-state index in [1.165, 1.54) is 5.52 Å². The second-order valence-corrected chi connectivity index (χ2v) is 6.31. The molecule has 1 aliphatic heterocycles. The fourth-order valence-corrected chi connectivity index (χ4v) is 3.42. The van der Waals surface area contributed by atoms with Crippen LogP contribution in [0.25, 0.3) is 11.0 Å². The van der Waals surface area contributed by atoms with Crippen molar-refractivity contribution in [2.75, 3.05) is 6.61 Å². The van der Waals surface area contributed by atoms with Gasteiger partial charge in [0.2, 0.25) is 0 Å². The number of allylic oxidation sites excluding steroid dienone is 2. The predicted octanol–water partition coefficient (Wildman–Crippen LogP) is 4.01. The Labute approximate surface area is 123 Å². The number of hydrogen-bond donors (Lipinski definition) is 0. The lowest BCUT2D eigenvalue weighted by Crippen LogP contribution is -2.19. The third-order valence-electron chi connectivity index (χ3n) is 3.30. The molecule has 20 heavy (non-hydrogen) atoms. The summed E-state index contributed by atoms with van der Waals surface area (Å²) in [6.45, 7) is 7.50. The smallest absolute Gasteiger partial charge is 0.169 e. The van der Waals surface area contributed by atoms with Gasteiger partial charge < -0.3 is 9.30 Å². The van der Waals surface area contributed by atoms with Gasteiger partial charge in [0.25, 0.3) is 0 Å². The lowest BCUT2D eigenvalue weighted by atomic mass is 10.3. The molecule has 4 heteroatoms. The van der Waals surface area contributed by atoms with Gasteiger partial charge >= 0.3 is 0 Å². The second kappa shape index (κ2) is 5.75. The average molecular weight is 286 g/mol. The molecule has 0 spiro atoms. The van der Waals surface area contributed by atoms with Crippen LogP contribution in [0.3, 0.4) is 0 Å². The Hall–Kier alpha value is -1.68. The van der Waals surface area contributed by atoms with Gasteiger partial charge in [-0.2, -0.15) is 0 Å². The van der Waals surface area contributed by atoms with Crippen LogP contribution < -0.4 is 0 Å². The van der Waals surface area contributed by atoms with Gasteiger partial charge in [-0.3, -0.25) is 0 Å². The molecule has 1 aliphatic rings. The van der Waals surface area contributed by atoms with Gasteiger partial charge in [0.05, 0.1) is 23.9 Å². The normalized spacial score (nSPS) is 18.4. The minimum Gasteiger partial charge on any atom is -0.500 e. The first-order chi connectivity index (χ1) is 9.74. The van der Waals surface area contributed by atoms with Gasteiger partial charge in [0.15, 0.2) is 5.16 Å². The first-order valence-corrected chi connectivity index (χ1v) is 7.67. The number of thioether (sulfide) groups is 1. The second-order valence-electron chi connectivity index (χ2n) is 5.05. The molecule has 0 amide bonds. The van der Waals surface area contributed by atoms with Crippen LogP contribution in [0, 0.1) is 0 Å². The zero-order chi connectivity index (χ0) is 13.9. The molecule has 1 aromatic heterocycles. The molecule has 0 fully saturated rings. The number of rotatable bonds is 4. The largest absolute Gasteiger partial charge is 0.500 e. The molecule has 2 aromatic rings. The lowest BCUT2D eigenvalue weighted by molar-refractivity contribution is 0.242. The predicted molar refractivity (Wildman–Crippen MR) is 83.9 cm³/mol. The van der Waals surface area contributed by atoms with Crippen LogP contribution in [0.2, 0.25) is 0 Å². The Bertz CT molecular complexity index is 660. The van der Waals surface area contributed by atoms with Crippen LogP contribution in [-0.4, -0.2) is 21.4 Å². The van der Waals surface area contributed by atoms with Crippen molar-refractivity contribution in [3.8, 4) is 0 Å². The average Bonchev–Trinajstić information content (AvgIpc) is 2.81. The SMILES string of the molecule is C=C(C)C=COCC1CCn2c(nc3ccccc32)S1. The highest BCUT2D eigenvalue weighted by Crippen LogP contribution is 2.33. The van der Waals surface area contributed by atoms with Crippen molar-refractivity contribution in [3.63, 3.8) is 0 Å². The summed E-state index contributed by atoms with van der Waals surface area (Å²) < 4.78 is 7.88. The van der Waals surface area contributed by atoms with Crippen molar-refractivity contribution in [1.82, 2.24) is 9.55 Å². The summed E-state index contributed by atoms with van der Waals surface area (Å²) in [6, 6.07) is 8.32. The summed E-state index contributed by atoms with van der Waals surface area (Å²) in [4.78, 5) is 4.70. The molecular formula is C16H18N2OS. The van der Waals surface area contributed by atoms with Crippen LogP contribution in [0.5, 0.6) is 0 Å². The van der Waals surface area contributed by atoms with Crippen molar-refractivity contribution < 1.29 is 4.74 Å². The van der Waals surface area contributed by atoms with E-state index < -0.39 is 0 Å². The van der Waals surface area contributed by atoms with E-state index in [2.05, 4.69) is 29.3 Å². The molecule has 3 rings (SSSR count). The third-order valence-corrected chi connectivity index (χ3v) is 4.52. The molecule has 1 atom stereocenters. The zero-order valence-electron chi connectivity index (χ0n) is 11.6. The summed E-state index contributed by atoms with van der Waals surface area (Å²) in [5, 5.41) is 1.57. The number of aromatic nitrogens is 2. The molecule has 0 radical (unpaired) electrons. The minimum absolute atomic E-state index is 0.467. The molecule has 104 valence electrons. The first-order valence-electron chi connectivity index (χ1n) is 6.79. The van der Waals surface area contributed by atoms with Gasteiger partial charge in [-0.05, 0) is 31.6 Å². The highest BCUT2D eigenvalue weighted by Gasteiger charge is 2.22. The maximum absolute atomic E-state index is 5.57. The molecule has 0 N–H and O–H groups in total. The van der Waals surface area contributed by atoms with E-state index in [9.17, 15) is 0 Å². The summed E-state index contributed by atoms with van der Waals surface area (Å²) in [5.41, 5.74) is 3.32. The topological polar surface area (TPSA) is 27.1 Å². The maximum atomic E-state index is 5.57. The monoisotopic (exact) mass is 286 g/mol. The quantitative estimate of drug-likeness (QED) is 0.628. The highest BCUT2D eigenvalue weighted by atomic mass is 32.2. The Morgan fingerprint density at radius 1 is 1.55 bits per heavy atom. The van der Waals surface area contributed by atoms with Gasteiger partial charge in [-0.15, -0.1) is 0 Å². The number of aryl methyl sites for hydroxylation is 1. The molecule has 0 saturated heterocycles. The standard InChI is InChI=1S/C16H18N2OS/c1-12(2)8-10-19-11-13-7-9-18-15-6-4-3-5-14(15)17-16(18)20-13/h3-6,8,10,13H,1,7,9,11H2,2H3. The van der Waals surface area contributed by atoms with Crippen LogP contribution in [-0.2, 0) is 11.3 Å². The van der Waals surface area contributed by atoms with E-state index in [-0.39, 0.29) is 0 Å². The Balaban J connectivity index is 1.68. The molecule has 3 nitrogen and oxygen atoms in total. The third kappa shape index (κ3) is 2.75. The van der Waals surface area contributed by atoms with E-state index in [1.54, 1.807) is 6.26 Å². The van der Waals surface area contributed by atoms with Crippen LogP contribution >= 0.6 is 11.8 Å². The Morgan fingerprint density at radius 3 is 3.25 bits per heavy atom. The number of fused-ring (bicyclic) bond motifs is 3. The van der Waals surface area contributed by atoms with E-state index in [0.717, 1.165) is 35.8 Å².